The van der Waals surface area contributed by atoms with Crippen LogP contribution in [0, 0.1) is 22.7 Å². The van der Waals surface area contributed by atoms with Crippen molar-refractivity contribution in [3.05, 3.63) is 0 Å². The van der Waals surface area contributed by atoms with E-state index in [1.54, 1.807) is 0 Å². The summed E-state index contributed by atoms with van der Waals surface area (Å²) in [7, 11) is 0. The molecule has 0 amide bonds. The van der Waals surface area contributed by atoms with E-state index in [1.165, 1.54) is 12.8 Å². The molecular formula is C14H23NO. The zero-order valence-electron chi connectivity index (χ0n) is 10.3. The molecule has 0 bridgehead atoms. The van der Waals surface area contributed by atoms with Crippen molar-refractivity contribution in [2.45, 2.75) is 70.3 Å². The molecule has 0 radical (unpaired) electrons. The monoisotopic (exact) mass is 221 g/mol. The zero-order valence-corrected chi connectivity index (χ0v) is 10.3. The third-order valence-electron chi connectivity index (χ3n) is 5.06. The topological polar surface area (TPSA) is 44.0 Å². The quantitative estimate of drug-likeness (QED) is 0.726. The van der Waals surface area contributed by atoms with Crippen molar-refractivity contribution in [1.29, 1.82) is 5.26 Å². The largest absolute Gasteiger partial charge is 0.388 e. The second-order valence-electron chi connectivity index (χ2n) is 5.78. The molecule has 2 unspecified atom stereocenters. The Morgan fingerprint density at radius 1 is 1.19 bits per heavy atom. The minimum atomic E-state index is -0.677. The molecule has 2 heteroatoms. The molecule has 0 aromatic heterocycles. The van der Waals surface area contributed by atoms with Crippen LogP contribution in [0.1, 0.15) is 64.7 Å². The van der Waals surface area contributed by atoms with Crippen molar-refractivity contribution in [2.24, 2.45) is 11.3 Å². The van der Waals surface area contributed by atoms with Crippen LogP contribution >= 0.6 is 0 Å². The summed E-state index contributed by atoms with van der Waals surface area (Å²) >= 11 is 0. The first-order valence-corrected chi connectivity index (χ1v) is 6.79. The molecule has 2 atom stereocenters. The summed E-state index contributed by atoms with van der Waals surface area (Å²) in [4.78, 5) is 0. The number of aliphatic hydroxyl groups is 1. The van der Waals surface area contributed by atoms with Gasteiger partial charge in [0.15, 0.2) is 0 Å². The molecule has 0 heterocycles. The van der Waals surface area contributed by atoms with Crippen LogP contribution in [-0.2, 0) is 0 Å². The average Bonchev–Trinajstić information content (AvgIpc) is 2.40. The predicted molar refractivity (Wildman–Crippen MR) is 63.7 cm³/mol. The molecule has 2 saturated carbocycles. The van der Waals surface area contributed by atoms with Crippen LogP contribution < -0.4 is 0 Å². The first-order valence-electron chi connectivity index (χ1n) is 6.79. The van der Waals surface area contributed by atoms with Gasteiger partial charge in [0.2, 0.25) is 0 Å². The summed E-state index contributed by atoms with van der Waals surface area (Å²) in [5.41, 5.74) is -1.07. The molecule has 0 saturated heterocycles. The van der Waals surface area contributed by atoms with Gasteiger partial charge in [-0.3, -0.25) is 0 Å². The fourth-order valence-electron chi connectivity index (χ4n) is 3.49. The lowest BCUT2D eigenvalue weighted by Crippen LogP contribution is -2.51. The molecule has 0 aromatic carbocycles. The maximum Gasteiger partial charge on any atom is 0.0860 e. The van der Waals surface area contributed by atoms with E-state index in [4.69, 9.17) is 0 Å². The Balaban J connectivity index is 2.10. The van der Waals surface area contributed by atoms with E-state index >= 15 is 0 Å². The van der Waals surface area contributed by atoms with Gasteiger partial charge in [0.05, 0.1) is 17.1 Å². The summed E-state index contributed by atoms with van der Waals surface area (Å²) in [6, 6.07) is 2.44. The highest BCUT2D eigenvalue weighted by molar-refractivity contribution is 5.16. The number of hydrogen-bond donors (Lipinski definition) is 1. The highest BCUT2D eigenvalue weighted by atomic mass is 16.3. The fraction of sp³-hybridized carbons (Fsp3) is 0.929. The van der Waals surface area contributed by atoms with E-state index in [2.05, 4.69) is 13.0 Å². The Morgan fingerprint density at radius 3 is 2.44 bits per heavy atom. The molecule has 2 aliphatic rings. The van der Waals surface area contributed by atoms with Gasteiger partial charge in [0, 0.05) is 0 Å². The molecule has 0 spiro atoms. The summed E-state index contributed by atoms with van der Waals surface area (Å²) < 4.78 is 0. The minimum absolute atomic E-state index is 0.393. The number of rotatable bonds is 2. The van der Waals surface area contributed by atoms with Crippen molar-refractivity contribution in [3.63, 3.8) is 0 Å². The second kappa shape index (κ2) is 4.37. The Hall–Kier alpha value is -0.550. The molecular weight excluding hydrogens is 198 g/mol. The lowest BCUT2D eigenvalue weighted by molar-refractivity contribution is -0.104. The molecule has 0 aliphatic heterocycles. The maximum absolute atomic E-state index is 10.8. The molecule has 2 fully saturated rings. The SMILES string of the molecule is CCC1CCCC(O)(C2(C#N)CCC2)CC1. The summed E-state index contributed by atoms with van der Waals surface area (Å²) in [6.07, 6.45) is 9.29. The third-order valence-corrected chi connectivity index (χ3v) is 5.06. The zero-order chi connectivity index (χ0) is 11.6. The first-order chi connectivity index (χ1) is 7.66. The smallest absolute Gasteiger partial charge is 0.0860 e. The lowest BCUT2D eigenvalue weighted by Gasteiger charge is -2.48. The van der Waals surface area contributed by atoms with Gasteiger partial charge in [-0.1, -0.05) is 32.6 Å². The van der Waals surface area contributed by atoms with Gasteiger partial charge in [-0.05, 0) is 38.0 Å². The van der Waals surface area contributed by atoms with Gasteiger partial charge in [-0.25, -0.2) is 0 Å². The molecule has 0 aromatic rings. The molecule has 1 N–H and O–H groups in total. The van der Waals surface area contributed by atoms with Gasteiger partial charge >= 0.3 is 0 Å². The van der Waals surface area contributed by atoms with Crippen LogP contribution in [0.25, 0.3) is 0 Å². The van der Waals surface area contributed by atoms with Crippen LogP contribution in [0.5, 0.6) is 0 Å². The van der Waals surface area contributed by atoms with Gasteiger partial charge in [0.1, 0.15) is 0 Å². The fourth-order valence-corrected chi connectivity index (χ4v) is 3.49. The lowest BCUT2D eigenvalue weighted by atomic mass is 9.57. The standard InChI is InChI=1S/C14H23NO/c1-2-12-5-3-9-14(16,10-6-12)13(11-15)7-4-8-13/h12,16H,2-10H2,1H3. The molecule has 90 valence electrons. The van der Waals surface area contributed by atoms with Crippen LogP contribution in [0.15, 0.2) is 0 Å². The molecule has 2 nitrogen and oxygen atoms in total. The predicted octanol–water partition coefficient (Wildman–Crippen LogP) is 3.40. The summed E-state index contributed by atoms with van der Waals surface area (Å²) in [6.45, 7) is 2.23. The van der Waals surface area contributed by atoms with Crippen molar-refractivity contribution in [1.82, 2.24) is 0 Å². The highest BCUT2D eigenvalue weighted by Gasteiger charge is 2.54. The van der Waals surface area contributed by atoms with E-state index in [1.807, 2.05) is 0 Å². The van der Waals surface area contributed by atoms with Crippen molar-refractivity contribution in [3.8, 4) is 6.07 Å². The van der Waals surface area contributed by atoms with Crippen LogP contribution in [0.4, 0.5) is 0 Å². The average molecular weight is 221 g/mol. The Kier molecular flexibility index (Phi) is 3.26. The number of nitriles is 1. The van der Waals surface area contributed by atoms with E-state index in [0.29, 0.717) is 0 Å². The van der Waals surface area contributed by atoms with Crippen molar-refractivity contribution in [2.75, 3.05) is 0 Å². The van der Waals surface area contributed by atoms with E-state index in [9.17, 15) is 10.4 Å². The first kappa shape index (κ1) is 11.9. The van der Waals surface area contributed by atoms with Crippen LogP contribution in [0.3, 0.4) is 0 Å². The van der Waals surface area contributed by atoms with Crippen molar-refractivity contribution >= 4 is 0 Å². The summed E-state index contributed by atoms with van der Waals surface area (Å²) in [5.74, 6) is 0.768. The number of nitrogens with zero attached hydrogens (tertiary/aromatic N) is 1. The highest BCUT2D eigenvalue weighted by Crippen LogP contribution is 2.54. The Morgan fingerprint density at radius 2 is 1.94 bits per heavy atom. The number of hydrogen-bond acceptors (Lipinski definition) is 2. The van der Waals surface area contributed by atoms with Gasteiger partial charge in [-0.2, -0.15) is 5.26 Å². The van der Waals surface area contributed by atoms with Gasteiger partial charge in [-0.15, -0.1) is 0 Å². The van der Waals surface area contributed by atoms with E-state index < -0.39 is 11.0 Å². The van der Waals surface area contributed by atoms with Gasteiger partial charge < -0.3 is 5.11 Å². The Bertz CT molecular complexity index is 290. The van der Waals surface area contributed by atoms with E-state index in [-0.39, 0.29) is 0 Å². The van der Waals surface area contributed by atoms with Gasteiger partial charge in [0.25, 0.3) is 0 Å². The Labute approximate surface area is 98.7 Å². The van der Waals surface area contributed by atoms with Crippen LogP contribution in [0.2, 0.25) is 0 Å². The molecule has 16 heavy (non-hydrogen) atoms. The maximum atomic E-state index is 10.8. The molecule has 2 rings (SSSR count). The molecule has 2 aliphatic carbocycles. The second-order valence-corrected chi connectivity index (χ2v) is 5.78. The third kappa shape index (κ3) is 1.76. The van der Waals surface area contributed by atoms with Crippen LogP contribution in [-0.4, -0.2) is 10.7 Å². The van der Waals surface area contributed by atoms with E-state index in [0.717, 1.165) is 50.9 Å². The van der Waals surface area contributed by atoms with Crippen molar-refractivity contribution < 1.29 is 5.11 Å². The minimum Gasteiger partial charge on any atom is -0.388 e. The summed E-state index contributed by atoms with van der Waals surface area (Å²) in [5, 5.41) is 20.2. The normalized spacial score (nSPS) is 38.2.